The Kier molecular flexibility index (Phi) is 6.52. The van der Waals surface area contributed by atoms with Crippen molar-refractivity contribution in [3.63, 3.8) is 0 Å². The largest absolute Gasteiger partial charge is 0.496 e. The van der Waals surface area contributed by atoms with Crippen LogP contribution in [0, 0.1) is 0 Å². The summed E-state index contributed by atoms with van der Waals surface area (Å²) in [6, 6.07) is 17.7. The lowest BCUT2D eigenvalue weighted by molar-refractivity contribution is 0.221. The van der Waals surface area contributed by atoms with E-state index in [0.717, 1.165) is 59.7 Å². The van der Waals surface area contributed by atoms with E-state index in [1.54, 1.807) is 7.11 Å². The fourth-order valence-corrected chi connectivity index (χ4v) is 3.84. The van der Waals surface area contributed by atoms with Crippen molar-refractivity contribution in [1.82, 2.24) is 15.2 Å². The average molecular weight is 420 g/mol. The van der Waals surface area contributed by atoms with Crippen LogP contribution in [0.3, 0.4) is 0 Å². The number of amides is 2. The lowest BCUT2D eigenvalue weighted by Crippen LogP contribution is -2.44. The molecule has 0 atom stereocenters. The second-order valence-electron chi connectivity index (χ2n) is 7.95. The molecule has 1 saturated heterocycles. The Morgan fingerprint density at radius 2 is 1.94 bits per heavy atom. The summed E-state index contributed by atoms with van der Waals surface area (Å²) in [5.41, 5.74) is 2.70. The monoisotopic (exact) mass is 419 g/mol. The van der Waals surface area contributed by atoms with Crippen LogP contribution < -0.4 is 20.7 Å². The van der Waals surface area contributed by atoms with Gasteiger partial charge in [0.1, 0.15) is 11.6 Å². The van der Waals surface area contributed by atoms with E-state index in [-0.39, 0.29) is 12.1 Å². The summed E-state index contributed by atoms with van der Waals surface area (Å²) in [6.07, 6.45) is 1.96. The molecule has 1 aromatic heterocycles. The van der Waals surface area contributed by atoms with Gasteiger partial charge < -0.3 is 25.6 Å². The number of urea groups is 1. The standard InChI is InChI=1S/C24H29N5O2/c1-29-13-11-19(12-14-29)26-24(30)27-20-8-9-21-17(15-20)7-10-23(28-21)25-16-18-5-3-4-6-22(18)31-2/h3-10,15,19H,11-14,16H2,1-2H3,(H,25,28)(H2,26,27,30). The number of likely N-dealkylation sites (tertiary alicyclic amines) is 1. The number of hydrogen-bond acceptors (Lipinski definition) is 5. The molecule has 3 N–H and O–H groups in total. The van der Waals surface area contributed by atoms with Gasteiger partial charge in [0, 0.05) is 29.2 Å². The minimum Gasteiger partial charge on any atom is -0.496 e. The van der Waals surface area contributed by atoms with Crippen LogP contribution >= 0.6 is 0 Å². The van der Waals surface area contributed by atoms with Crippen molar-refractivity contribution in [2.45, 2.75) is 25.4 Å². The minimum atomic E-state index is -0.156. The third kappa shape index (κ3) is 5.44. The highest BCUT2D eigenvalue weighted by molar-refractivity contribution is 5.93. The van der Waals surface area contributed by atoms with Gasteiger partial charge in [-0.1, -0.05) is 18.2 Å². The molecule has 1 aliphatic rings. The second-order valence-corrected chi connectivity index (χ2v) is 7.95. The maximum Gasteiger partial charge on any atom is 0.319 e. The van der Waals surface area contributed by atoms with E-state index in [9.17, 15) is 4.79 Å². The first-order chi connectivity index (χ1) is 15.1. The predicted octanol–water partition coefficient (Wildman–Crippen LogP) is 4.07. The second kappa shape index (κ2) is 9.66. The Labute approximate surface area is 182 Å². The van der Waals surface area contributed by atoms with Crippen molar-refractivity contribution >= 4 is 28.4 Å². The molecule has 2 aromatic carbocycles. The molecule has 2 amide bonds. The highest BCUT2D eigenvalue weighted by atomic mass is 16.5. The molecule has 0 bridgehead atoms. The predicted molar refractivity (Wildman–Crippen MR) is 125 cm³/mol. The van der Waals surface area contributed by atoms with Gasteiger partial charge in [0.2, 0.25) is 0 Å². The highest BCUT2D eigenvalue weighted by Crippen LogP contribution is 2.22. The molecule has 4 rings (SSSR count). The molecule has 0 saturated carbocycles. The Morgan fingerprint density at radius 1 is 1.13 bits per heavy atom. The number of fused-ring (bicyclic) bond motifs is 1. The molecule has 1 aliphatic heterocycles. The van der Waals surface area contributed by atoms with Gasteiger partial charge in [-0.2, -0.15) is 0 Å². The van der Waals surface area contributed by atoms with Crippen molar-refractivity contribution in [2.75, 3.05) is 37.9 Å². The minimum absolute atomic E-state index is 0.156. The number of carbonyl (C=O) groups is 1. The van der Waals surface area contributed by atoms with E-state index in [2.05, 4.69) is 32.9 Å². The number of piperidine rings is 1. The number of anilines is 2. The summed E-state index contributed by atoms with van der Waals surface area (Å²) in [4.78, 5) is 19.3. The molecule has 31 heavy (non-hydrogen) atoms. The van der Waals surface area contributed by atoms with Crippen molar-refractivity contribution in [3.05, 3.63) is 60.2 Å². The third-order valence-corrected chi connectivity index (χ3v) is 5.65. The third-order valence-electron chi connectivity index (χ3n) is 5.65. The van der Waals surface area contributed by atoms with Crippen molar-refractivity contribution in [2.24, 2.45) is 0 Å². The van der Waals surface area contributed by atoms with Crippen LogP contribution in [-0.2, 0) is 6.54 Å². The van der Waals surface area contributed by atoms with E-state index in [4.69, 9.17) is 4.74 Å². The molecule has 0 aliphatic carbocycles. The number of carbonyl (C=O) groups excluding carboxylic acids is 1. The van der Waals surface area contributed by atoms with Crippen LogP contribution in [0.4, 0.5) is 16.3 Å². The lowest BCUT2D eigenvalue weighted by Gasteiger charge is -2.29. The van der Waals surface area contributed by atoms with E-state index >= 15 is 0 Å². The zero-order valence-electron chi connectivity index (χ0n) is 18.0. The number of pyridine rings is 1. The number of para-hydroxylation sites is 1. The summed E-state index contributed by atoms with van der Waals surface area (Å²) >= 11 is 0. The summed E-state index contributed by atoms with van der Waals surface area (Å²) in [5.74, 6) is 1.64. The molecular formula is C24H29N5O2. The van der Waals surface area contributed by atoms with Crippen LogP contribution in [0.1, 0.15) is 18.4 Å². The molecule has 2 heterocycles. The molecule has 162 valence electrons. The van der Waals surface area contributed by atoms with Gasteiger partial charge in [-0.3, -0.25) is 0 Å². The van der Waals surface area contributed by atoms with E-state index in [0.29, 0.717) is 6.54 Å². The summed E-state index contributed by atoms with van der Waals surface area (Å²) in [6.45, 7) is 2.65. The van der Waals surface area contributed by atoms with Crippen LogP contribution in [0.15, 0.2) is 54.6 Å². The molecular weight excluding hydrogens is 390 g/mol. The topological polar surface area (TPSA) is 78.5 Å². The zero-order chi connectivity index (χ0) is 21.6. The first-order valence-electron chi connectivity index (χ1n) is 10.6. The van der Waals surface area contributed by atoms with Gasteiger partial charge in [-0.25, -0.2) is 9.78 Å². The number of aromatic nitrogens is 1. The number of ether oxygens (including phenoxy) is 1. The molecule has 7 heteroatoms. The van der Waals surface area contributed by atoms with Crippen LogP contribution in [0.5, 0.6) is 5.75 Å². The molecule has 0 unspecified atom stereocenters. The summed E-state index contributed by atoms with van der Waals surface area (Å²) in [5, 5.41) is 10.3. The summed E-state index contributed by atoms with van der Waals surface area (Å²) in [7, 11) is 3.78. The van der Waals surface area contributed by atoms with Crippen LogP contribution in [0.2, 0.25) is 0 Å². The number of rotatable bonds is 6. The zero-order valence-corrected chi connectivity index (χ0v) is 18.0. The molecule has 7 nitrogen and oxygen atoms in total. The average Bonchev–Trinajstić information content (AvgIpc) is 2.79. The molecule has 0 radical (unpaired) electrons. The van der Waals surface area contributed by atoms with Gasteiger partial charge >= 0.3 is 6.03 Å². The lowest BCUT2D eigenvalue weighted by atomic mass is 10.1. The van der Waals surface area contributed by atoms with Crippen molar-refractivity contribution in [1.29, 1.82) is 0 Å². The fraction of sp³-hybridized carbons (Fsp3) is 0.333. The maximum atomic E-state index is 12.4. The Morgan fingerprint density at radius 3 is 2.74 bits per heavy atom. The number of nitrogens with zero attached hydrogens (tertiary/aromatic N) is 2. The number of nitrogens with one attached hydrogen (secondary N) is 3. The Balaban J connectivity index is 1.37. The smallest absolute Gasteiger partial charge is 0.319 e. The van der Waals surface area contributed by atoms with Gasteiger partial charge in [-0.15, -0.1) is 0 Å². The van der Waals surface area contributed by atoms with E-state index in [1.807, 2.05) is 54.6 Å². The van der Waals surface area contributed by atoms with Gasteiger partial charge in [0.05, 0.1) is 12.6 Å². The number of methoxy groups -OCH3 is 1. The normalized spacial score (nSPS) is 14.9. The first-order valence-corrected chi connectivity index (χ1v) is 10.6. The highest BCUT2D eigenvalue weighted by Gasteiger charge is 2.18. The number of hydrogen-bond donors (Lipinski definition) is 3. The Bertz CT molecular complexity index is 1050. The van der Waals surface area contributed by atoms with Gasteiger partial charge in [-0.05, 0) is 69.4 Å². The van der Waals surface area contributed by atoms with Gasteiger partial charge in [0.15, 0.2) is 0 Å². The van der Waals surface area contributed by atoms with E-state index < -0.39 is 0 Å². The SMILES string of the molecule is COc1ccccc1CNc1ccc2cc(NC(=O)NC3CCN(C)CC3)ccc2n1. The maximum absolute atomic E-state index is 12.4. The number of benzene rings is 2. The summed E-state index contributed by atoms with van der Waals surface area (Å²) < 4.78 is 5.40. The quantitative estimate of drug-likeness (QED) is 0.561. The van der Waals surface area contributed by atoms with Crippen molar-refractivity contribution < 1.29 is 9.53 Å². The molecule has 3 aromatic rings. The van der Waals surface area contributed by atoms with Gasteiger partial charge in [0.25, 0.3) is 0 Å². The first kappa shape index (κ1) is 20.9. The van der Waals surface area contributed by atoms with Crippen LogP contribution in [-0.4, -0.2) is 49.2 Å². The van der Waals surface area contributed by atoms with Crippen molar-refractivity contribution in [3.8, 4) is 5.75 Å². The molecule has 1 fully saturated rings. The Hall–Kier alpha value is -3.32. The van der Waals surface area contributed by atoms with E-state index in [1.165, 1.54) is 0 Å². The fourth-order valence-electron chi connectivity index (χ4n) is 3.84. The molecule has 0 spiro atoms. The van der Waals surface area contributed by atoms with Crippen LogP contribution in [0.25, 0.3) is 10.9 Å².